The van der Waals surface area contributed by atoms with E-state index in [2.05, 4.69) is 0 Å². The molecule has 0 unspecified atom stereocenters. The number of carboxylic acids is 1. The van der Waals surface area contributed by atoms with E-state index in [1.54, 1.807) is 6.07 Å². The van der Waals surface area contributed by atoms with Crippen LogP contribution in [0.4, 0.5) is 13.2 Å². The summed E-state index contributed by atoms with van der Waals surface area (Å²) in [6, 6.07) is 2.90. The summed E-state index contributed by atoms with van der Waals surface area (Å²) in [5.41, 5.74) is 2.74. The van der Waals surface area contributed by atoms with E-state index in [4.69, 9.17) is 16.1 Å². The first-order chi connectivity index (χ1) is 7.81. The van der Waals surface area contributed by atoms with Gasteiger partial charge in [0, 0.05) is 6.54 Å². The molecule has 0 aliphatic rings. The smallest absolute Gasteiger partial charge is 0.417 e. The van der Waals surface area contributed by atoms with Crippen molar-refractivity contribution in [3.05, 3.63) is 34.4 Å². The van der Waals surface area contributed by atoms with Gasteiger partial charge >= 0.3 is 12.1 Å². The second kappa shape index (κ2) is 4.43. The Morgan fingerprint density at radius 3 is 2.41 bits per heavy atom. The van der Waals surface area contributed by atoms with Crippen molar-refractivity contribution in [3.8, 4) is 6.07 Å². The summed E-state index contributed by atoms with van der Waals surface area (Å²) >= 11 is 0. The van der Waals surface area contributed by atoms with Crippen LogP contribution < -0.4 is 5.73 Å². The Bertz CT molecular complexity index is 503. The molecule has 0 fully saturated rings. The van der Waals surface area contributed by atoms with E-state index in [1.165, 1.54) is 0 Å². The lowest BCUT2D eigenvalue weighted by Gasteiger charge is -2.12. The normalized spacial score (nSPS) is 11.0. The van der Waals surface area contributed by atoms with Gasteiger partial charge in [-0.15, -0.1) is 0 Å². The zero-order chi connectivity index (χ0) is 13.2. The molecule has 4 nitrogen and oxygen atoms in total. The highest BCUT2D eigenvalue weighted by Crippen LogP contribution is 2.33. The van der Waals surface area contributed by atoms with Crippen LogP contribution in [-0.4, -0.2) is 11.1 Å². The lowest BCUT2D eigenvalue weighted by atomic mass is 9.98. The first-order valence-electron chi connectivity index (χ1n) is 4.38. The first-order valence-corrected chi connectivity index (χ1v) is 4.38. The number of nitriles is 1. The molecule has 3 N–H and O–H groups in total. The van der Waals surface area contributed by atoms with Gasteiger partial charge < -0.3 is 10.8 Å². The first kappa shape index (κ1) is 13.0. The molecule has 0 saturated heterocycles. The summed E-state index contributed by atoms with van der Waals surface area (Å²) < 4.78 is 37.7. The molecule has 0 aliphatic carbocycles. The highest BCUT2D eigenvalue weighted by molar-refractivity contribution is 5.90. The van der Waals surface area contributed by atoms with Gasteiger partial charge in [-0.1, -0.05) is 0 Å². The van der Waals surface area contributed by atoms with Gasteiger partial charge in [0.1, 0.15) is 0 Å². The van der Waals surface area contributed by atoms with Crippen molar-refractivity contribution in [2.75, 3.05) is 0 Å². The Morgan fingerprint density at radius 2 is 2.06 bits per heavy atom. The highest BCUT2D eigenvalue weighted by atomic mass is 19.4. The molecular weight excluding hydrogens is 237 g/mol. The highest BCUT2D eigenvalue weighted by Gasteiger charge is 2.36. The molecule has 90 valence electrons. The molecule has 0 radical (unpaired) electrons. The second-order valence-electron chi connectivity index (χ2n) is 3.17. The van der Waals surface area contributed by atoms with E-state index in [1.807, 2.05) is 0 Å². The molecule has 0 saturated carbocycles. The van der Waals surface area contributed by atoms with E-state index in [-0.39, 0.29) is 17.7 Å². The van der Waals surface area contributed by atoms with Crippen LogP contribution in [0.1, 0.15) is 27.0 Å². The summed E-state index contributed by atoms with van der Waals surface area (Å²) in [4.78, 5) is 10.7. The quantitative estimate of drug-likeness (QED) is 0.829. The maximum absolute atomic E-state index is 12.6. The van der Waals surface area contributed by atoms with Crippen LogP contribution in [0.5, 0.6) is 0 Å². The molecule has 17 heavy (non-hydrogen) atoms. The average molecular weight is 244 g/mol. The Kier molecular flexibility index (Phi) is 3.39. The number of rotatable bonds is 2. The molecular formula is C10H7F3N2O2. The van der Waals surface area contributed by atoms with Gasteiger partial charge in [0.25, 0.3) is 0 Å². The average Bonchev–Trinajstić information content (AvgIpc) is 2.25. The molecule has 0 aromatic heterocycles. The van der Waals surface area contributed by atoms with E-state index >= 15 is 0 Å². The fraction of sp³-hybridized carbons (Fsp3) is 0.200. The van der Waals surface area contributed by atoms with E-state index in [9.17, 15) is 18.0 Å². The summed E-state index contributed by atoms with van der Waals surface area (Å²) in [7, 11) is 0. The molecule has 1 rings (SSSR count). The van der Waals surface area contributed by atoms with Crippen LogP contribution in [0.25, 0.3) is 0 Å². The van der Waals surface area contributed by atoms with Gasteiger partial charge in [-0.2, -0.15) is 18.4 Å². The number of carbonyl (C=O) groups is 1. The number of halogens is 3. The van der Waals surface area contributed by atoms with Crippen molar-refractivity contribution in [1.82, 2.24) is 0 Å². The topological polar surface area (TPSA) is 87.1 Å². The second-order valence-corrected chi connectivity index (χ2v) is 3.17. The van der Waals surface area contributed by atoms with Crippen molar-refractivity contribution < 1.29 is 23.1 Å². The Labute approximate surface area is 94.1 Å². The molecule has 0 bridgehead atoms. The van der Waals surface area contributed by atoms with Crippen LogP contribution >= 0.6 is 0 Å². The molecule has 1 aromatic rings. The zero-order valence-electron chi connectivity index (χ0n) is 8.38. The van der Waals surface area contributed by atoms with Crippen LogP contribution in [-0.2, 0) is 12.7 Å². The molecule has 0 aliphatic heterocycles. The van der Waals surface area contributed by atoms with Crippen LogP contribution in [0.2, 0.25) is 0 Å². The maximum Gasteiger partial charge on any atom is 0.417 e. The number of hydrogen-bond donors (Lipinski definition) is 2. The zero-order valence-corrected chi connectivity index (χ0v) is 8.38. The third-order valence-electron chi connectivity index (χ3n) is 2.12. The minimum absolute atomic E-state index is 0.0372. The monoisotopic (exact) mass is 244 g/mol. The summed E-state index contributed by atoms with van der Waals surface area (Å²) in [5, 5.41) is 17.3. The number of aromatic carboxylic acids is 1. The SMILES string of the molecule is N#Cc1cc(C(=O)O)c(C(F)(F)F)cc1CN. The van der Waals surface area contributed by atoms with Crippen molar-refractivity contribution in [1.29, 1.82) is 5.26 Å². The predicted octanol–water partition coefficient (Wildman–Crippen LogP) is 1.73. The fourth-order valence-corrected chi connectivity index (χ4v) is 1.33. The third-order valence-corrected chi connectivity index (χ3v) is 2.12. The lowest BCUT2D eigenvalue weighted by molar-refractivity contribution is -0.138. The van der Waals surface area contributed by atoms with Gasteiger partial charge in [0.15, 0.2) is 0 Å². The van der Waals surface area contributed by atoms with Crippen molar-refractivity contribution >= 4 is 5.97 Å². The van der Waals surface area contributed by atoms with Gasteiger partial charge in [0.2, 0.25) is 0 Å². The third kappa shape index (κ3) is 2.54. The largest absolute Gasteiger partial charge is 0.478 e. The standard InChI is InChI=1S/C10H7F3N2O2/c11-10(12,13)8-2-6(4-15)5(3-14)1-7(8)9(16)17/h1-2H,4,15H2,(H,16,17). The molecule has 0 heterocycles. The van der Waals surface area contributed by atoms with Crippen molar-refractivity contribution in [2.24, 2.45) is 5.73 Å². The summed E-state index contributed by atoms with van der Waals surface area (Å²) in [6.07, 6.45) is -4.80. The minimum atomic E-state index is -4.80. The van der Waals surface area contributed by atoms with Gasteiger partial charge in [-0.25, -0.2) is 4.79 Å². The van der Waals surface area contributed by atoms with Gasteiger partial charge in [-0.05, 0) is 17.7 Å². The van der Waals surface area contributed by atoms with Crippen molar-refractivity contribution in [3.63, 3.8) is 0 Å². The number of nitrogens with two attached hydrogens (primary N) is 1. The Balaban J connectivity index is 3.59. The Morgan fingerprint density at radius 1 is 1.47 bits per heavy atom. The number of nitrogens with zero attached hydrogens (tertiary/aromatic N) is 1. The fourth-order valence-electron chi connectivity index (χ4n) is 1.33. The lowest BCUT2D eigenvalue weighted by Crippen LogP contribution is -2.15. The number of alkyl halides is 3. The summed E-state index contributed by atoms with van der Waals surface area (Å²) in [5.74, 6) is -1.74. The van der Waals surface area contributed by atoms with E-state index in [0.717, 1.165) is 0 Å². The van der Waals surface area contributed by atoms with Crippen LogP contribution in [0.15, 0.2) is 12.1 Å². The maximum atomic E-state index is 12.6. The number of carboxylic acid groups (broad SMARTS) is 1. The minimum Gasteiger partial charge on any atom is -0.478 e. The predicted molar refractivity (Wildman–Crippen MR) is 51.0 cm³/mol. The molecule has 0 amide bonds. The number of hydrogen-bond acceptors (Lipinski definition) is 3. The van der Waals surface area contributed by atoms with Gasteiger partial charge in [-0.3, -0.25) is 0 Å². The molecule has 7 heteroatoms. The molecule has 1 aromatic carbocycles. The van der Waals surface area contributed by atoms with E-state index in [0.29, 0.717) is 12.1 Å². The number of benzene rings is 1. The molecule has 0 spiro atoms. The summed E-state index contributed by atoms with van der Waals surface area (Å²) in [6.45, 7) is -0.272. The van der Waals surface area contributed by atoms with Gasteiger partial charge in [0.05, 0.1) is 22.8 Å². The van der Waals surface area contributed by atoms with Crippen LogP contribution in [0.3, 0.4) is 0 Å². The van der Waals surface area contributed by atoms with E-state index < -0.39 is 23.3 Å². The van der Waals surface area contributed by atoms with Crippen LogP contribution in [0, 0.1) is 11.3 Å². The molecule has 0 atom stereocenters. The Hall–Kier alpha value is -2.07. The van der Waals surface area contributed by atoms with Crippen molar-refractivity contribution in [2.45, 2.75) is 12.7 Å².